The van der Waals surface area contributed by atoms with Crippen molar-refractivity contribution < 1.29 is 4.79 Å². The van der Waals surface area contributed by atoms with Crippen molar-refractivity contribution in [3.63, 3.8) is 0 Å². The molecule has 1 atom stereocenters. The number of carbonyl (C=O) groups excluding carboxylic acids is 1. The van der Waals surface area contributed by atoms with E-state index >= 15 is 0 Å². The van der Waals surface area contributed by atoms with Crippen LogP contribution in [-0.4, -0.2) is 54.5 Å². The predicted molar refractivity (Wildman–Crippen MR) is 90.5 cm³/mol. The van der Waals surface area contributed by atoms with Crippen molar-refractivity contribution in [3.05, 3.63) is 61.2 Å². The van der Waals surface area contributed by atoms with Gasteiger partial charge in [-0.25, -0.2) is 0 Å². The van der Waals surface area contributed by atoms with Crippen LogP contribution in [0.4, 0.5) is 0 Å². The van der Waals surface area contributed by atoms with Gasteiger partial charge in [-0.3, -0.25) is 9.69 Å². The highest BCUT2D eigenvalue weighted by Crippen LogP contribution is 2.12. The van der Waals surface area contributed by atoms with Gasteiger partial charge in [0, 0.05) is 32.7 Å². The van der Waals surface area contributed by atoms with Crippen LogP contribution in [0.25, 0.3) is 0 Å². The standard InChI is InChI=1S/C18H25N3O/c1-3-10-20(11-4-2)15-17-12-19-13-18(22)21(17)14-16-8-6-5-7-9-16/h3-9,17,19H,1-2,10-15H2/t17-/m1/s1. The van der Waals surface area contributed by atoms with E-state index in [2.05, 4.69) is 35.5 Å². The normalized spacial score (nSPS) is 18.5. The summed E-state index contributed by atoms with van der Waals surface area (Å²) in [6, 6.07) is 10.3. The van der Waals surface area contributed by atoms with Gasteiger partial charge in [-0.05, 0) is 5.56 Å². The van der Waals surface area contributed by atoms with Gasteiger partial charge in [0.25, 0.3) is 0 Å². The molecule has 0 unspecified atom stereocenters. The molecule has 2 rings (SSSR count). The molecular formula is C18H25N3O. The number of nitrogens with zero attached hydrogens (tertiary/aromatic N) is 2. The summed E-state index contributed by atoms with van der Waals surface area (Å²) < 4.78 is 0. The van der Waals surface area contributed by atoms with Gasteiger partial charge in [0.15, 0.2) is 0 Å². The van der Waals surface area contributed by atoms with E-state index in [1.165, 1.54) is 5.56 Å². The lowest BCUT2D eigenvalue weighted by Crippen LogP contribution is -2.58. The Morgan fingerprint density at radius 1 is 1.23 bits per heavy atom. The van der Waals surface area contributed by atoms with Crippen molar-refractivity contribution >= 4 is 5.91 Å². The maximum atomic E-state index is 12.3. The molecule has 0 aromatic heterocycles. The van der Waals surface area contributed by atoms with Gasteiger partial charge >= 0.3 is 0 Å². The van der Waals surface area contributed by atoms with Crippen molar-refractivity contribution in [2.45, 2.75) is 12.6 Å². The Bertz CT molecular complexity index is 490. The molecule has 1 aliphatic heterocycles. The van der Waals surface area contributed by atoms with Crippen LogP contribution in [-0.2, 0) is 11.3 Å². The van der Waals surface area contributed by atoms with E-state index in [0.29, 0.717) is 13.1 Å². The number of carbonyl (C=O) groups is 1. The van der Waals surface area contributed by atoms with Crippen LogP contribution in [0, 0.1) is 0 Å². The van der Waals surface area contributed by atoms with Crippen molar-refractivity contribution in [2.24, 2.45) is 0 Å². The molecule has 0 saturated carbocycles. The van der Waals surface area contributed by atoms with E-state index in [4.69, 9.17) is 0 Å². The summed E-state index contributed by atoms with van der Waals surface area (Å²) in [4.78, 5) is 16.6. The first-order chi connectivity index (χ1) is 10.7. The molecule has 1 amide bonds. The lowest BCUT2D eigenvalue weighted by molar-refractivity contribution is -0.136. The molecule has 1 aliphatic rings. The van der Waals surface area contributed by atoms with Gasteiger partial charge in [0.1, 0.15) is 0 Å². The number of amides is 1. The first-order valence-electron chi connectivity index (χ1n) is 7.73. The van der Waals surface area contributed by atoms with Crippen molar-refractivity contribution in [3.8, 4) is 0 Å². The molecule has 1 heterocycles. The Morgan fingerprint density at radius 3 is 2.55 bits per heavy atom. The quantitative estimate of drug-likeness (QED) is 0.742. The van der Waals surface area contributed by atoms with Gasteiger partial charge in [0.2, 0.25) is 5.91 Å². The Hall–Kier alpha value is -1.91. The maximum absolute atomic E-state index is 12.3. The van der Waals surface area contributed by atoms with E-state index in [-0.39, 0.29) is 11.9 Å². The molecule has 4 nitrogen and oxygen atoms in total. The Kier molecular flexibility index (Phi) is 6.37. The molecule has 1 aromatic carbocycles. The van der Waals surface area contributed by atoms with Crippen LogP contribution in [0.3, 0.4) is 0 Å². The minimum atomic E-state index is 0.164. The maximum Gasteiger partial charge on any atom is 0.237 e. The van der Waals surface area contributed by atoms with Crippen molar-refractivity contribution in [1.82, 2.24) is 15.1 Å². The minimum Gasteiger partial charge on any atom is -0.332 e. The second-order valence-corrected chi connectivity index (χ2v) is 5.59. The zero-order valence-corrected chi connectivity index (χ0v) is 13.1. The Balaban J connectivity index is 2.06. The molecule has 0 bridgehead atoms. The lowest BCUT2D eigenvalue weighted by atomic mass is 10.1. The molecule has 4 heteroatoms. The van der Waals surface area contributed by atoms with Gasteiger partial charge < -0.3 is 10.2 Å². The summed E-state index contributed by atoms with van der Waals surface area (Å²) in [5.74, 6) is 0.164. The van der Waals surface area contributed by atoms with Crippen LogP contribution in [0.15, 0.2) is 55.6 Å². The van der Waals surface area contributed by atoms with Crippen LogP contribution >= 0.6 is 0 Å². The number of hydrogen-bond acceptors (Lipinski definition) is 3. The van der Waals surface area contributed by atoms with E-state index in [9.17, 15) is 4.79 Å². The van der Waals surface area contributed by atoms with Gasteiger partial charge in [-0.2, -0.15) is 0 Å². The van der Waals surface area contributed by atoms with Crippen LogP contribution in [0.2, 0.25) is 0 Å². The summed E-state index contributed by atoms with van der Waals surface area (Å²) in [5.41, 5.74) is 1.17. The third-order valence-electron chi connectivity index (χ3n) is 3.86. The zero-order valence-electron chi connectivity index (χ0n) is 13.1. The van der Waals surface area contributed by atoms with Crippen LogP contribution < -0.4 is 5.32 Å². The third-order valence-corrected chi connectivity index (χ3v) is 3.86. The molecule has 0 aliphatic carbocycles. The molecular weight excluding hydrogens is 274 g/mol. The molecule has 1 N–H and O–H groups in total. The number of benzene rings is 1. The average Bonchev–Trinajstić information content (AvgIpc) is 2.52. The monoisotopic (exact) mass is 299 g/mol. The largest absolute Gasteiger partial charge is 0.332 e. The van der Waals surface area contributed by atoms with Crippen molar-refractivity contribution in [2.75, 3.05) is 32.7 Å². The topological polar surface area (TPSA) is 35.6 Å². The number of piperazine rings is 1. The second kappa shape index (κ2) is 8.51. The highest BCUT2D eigenvalue weighted by molar-refractivity contribution is 5.79. The molecule has 118 valence electrons. The zero-order chi connectivity index (χ0) is 15.8. The minimum absolute atomic E-state index is 0.164. The Morgan fingerprint density at radius 2 is 1.91 bits per heavy atom. The molecule has 1 aromatic rings. The van der Waals surface area contributed by atoms with Gasteiger partial charge in [0.05, 0.1) is 12.6 Å². The summed E-state index contributed by atoms with van der Waals surface area (Å²) in [6.45, 7) is 12.0. The lowest BCUT2D eigenvalue weighted by Gasteiger charge is -2.38. The fourth-order valence-electron chi connectivity index (χ4n) is 2.81. The smallest absolute Gasteiger partial charge is 0.237 e. The molecule has 1 fully saturated rings. The summed E-state index contributed by atoms with van der Waals surface area (Å²) >= 11 is 0. The van der Waals surface area contributed by atoms with Crippen molar-refractivity contribution in [1.29, 1.82) is 0 Å². The Labute approximate surface area is 133 Å². The number of rotatable bonds is 8. The second-order valence-electron chi connectivity index (χ2n) is 5.59. The summed E-state index contributed by atoms with van der Waals surface area (Å²) in [7, 11) is 0. The van der Waals surface area contributed by atoms with Gasteiger partial charge in [-0.15, -0.1) is 13.2 Å². The fraction of sp³-hybridized carbons (Fsp3) is 0.389. The summed E-state index contributed by atoms with van der Waals surface area (Å²) in [5, 5.41) is 3.22. The van der Waals surface area contributed by atoms with Gasteiger partial charge in [-0.1, -0.05) is 42.5 Å². The number of hydrogen-bond donors (Lipinski definition) is 1. The third kappa shape index (κ3) is 4.55. The highest BCUT2D eigenvalue weighted by Gasteiger charge is 2.28. The predicted octanol–water partition coefficient (Wildman–Crippen LogP) is 1.66. The average molecular weight is 299 g/mol. The van der Waals surface area contributed by atoms with E-state index in [1.807, 2.05) is 35.3 Å². The molecule has 0 spiro atoms. The van der Waals surface area contributed by atoms with Crippen LogP contribution in [0.5, 0.6) is 0 Å². The molecule has 1 saturated heterocycles. The number of nitrogens with one attached hydrogen (secondary N) is 1. The van der Waals surface area contributed by atoms with E-state index in [0.717, 1.165) is 26.2 Å². The first kappa shape index (κ1) is 16.5. The summed E-state index contributed by atoms with van der Waals surface area (Å²) in [6.07, 6.45) is 3.78. The highest BCUT2D eigenvalue weighted by atomic mass is 16.2. The molecule has 22 heavy (non-hydrogen) atoms. The van der Waals surface area contributed by atoms with Crippen LogP contribution in [0.1, 0.15) is 5.56 Å². The SMILES string of the molecule is C=CCN(CC=C)C[C@H]1CNCC(=O)N1Cc1ccccc1. The fourth-order valence-corrected chi connectivity index (χ4v) is 2.81. The van der Waals surface area contributed by atoms with E-state index < -0.39 is 0 Å². The first-order valence-corrected chi connectivity index (χ1v) is 7.73. The molecule has 0 radical (unpaired) electrons. The van der Waals surface area contributed by atoms with E-state index in [1.54, 1.807) is 0 Å².